The highest BCUT2D eigenvalue weighted by Gasteiger charge is 2.43. The van der Waals surface area contributed by atoms with Crippen LogP contribution in [-0.2, 0) is 14.3 Å². The van der Waals surface area contributed by atoms with E-state index in [2.05, 4.69) is 41.5 Å². The summed E-state index contributed by atoms with van der Waals surface area (Å²) in [4.78, 5) is 24.7. The Kier molecular flexibility index (Phi) is 7.38. The van der Waals surface area contributed by atoms with Crippen LogP contribution >= 0.6 is 0 Å². The molecule has 0 aromatic rings. The molecule has 5 atom stereocenters. The van der Waals surface area contributed by atoms with Gasteiger partial charge in [0.15, 0.2) is 0 Å². The fourth-order valence-electron chi connectivity index (χ4n) is 5.78. The standard InChI is InChI=1S/C23H40O4/c1-14-11-15(2)20(16(3)12-14)19(13-23(4,5)6)27-22(26)18-10-8-7-9-17(18)21(24)25/h14-20H,7-13H2,1-6H3,(H,24,25). The largest absolute Gasteiger partial charge is 0.481 e. The fourth-order valence-corrected chi connectivity index (χ4v) is 5.78. The van der Waals surface area contributed by atoms with Crippen molar-refractivity contribution in [2.75, 3.05) is 0 Å². The quantitative estimate of drug-likeness (QED) is 0.636. The van der Waals surface area contributed by atoms with Gasteiger partial charge in [-0.2, -0.15) is 0 Å². The van der Waals surface area contributed by atoms with Crippen LogP contribution in [0.25, 0.3) is 0 Å². The van der Waals surface area contributed by atoms with Crippen molar-refractivity contribution in [3.05, 3.63) is 0 Å². The molecule has 156 valence electrons. The molecule has 4 nitrogen and oxygen atoms in total. The summed E-state index contributed by atoms with van der Waals surface area (Å²) in [6.45, 7) is 13.5. The summed E-state index contributed by atoms with van der Waals surface area (Å²) in [6, 6.07) is 0. The van der Waals surface area contributed by atoms with E-state index in [4.69, 9.17) is 4.74 Å². The molecule has 0 spiro atoms. The summed E-state index contributed by atoms with van der Waals surface area (Å²) in [7, 11) is 0. The first kappa shape index (κ1) is 22.2. The highest BCUT2D eigenvalue weighted by Crippen LogP contribution is 2.44. The normalized spacial score (nSPS) is 36.1. The van der Waals surface area contributed by atoms with E-state index in [1.54, 1.807) is 0 Å². The maximum Gasteiger partial charge on any atom is 0.310 e. The summed E-state index contributed by atoms with van der Waals surface area (Å²) in [6.07, 6.45) is 6.10. The Labute approximate surface area is 165 Å². The number of hydrogen-bond acceptors (Lipinski definition) is 3. The molecule has 1 N–H and O–H groups in total. The monoisotopic (exact) mass is 380 g/mol. The Hall–Kier alpha value is -1.06. The molecular weight excluding hydrogens is 340 g/mol. The maximum absolute atomic E-state index is 13.0. The average molecular weight is 381 g/mol. The van der Waals surface area contributed by atoms with E-state index in [1.807, 2.05) is 0 Å². The van der Waals surface area contributed by atoms with Crippen molar-refractivity contribution in [3.8, 4) is 0 Å². The van der Waals surface area contributed by atoms with Crippen LogP contribution in [0.15, 0.2) is 0 Å². The van der Waals surface area contributed by atoms with Crippen molar-refractivity contribution < 1.29 is 19.4 Å². The molecule has 0 bridgehead atoms. The van der Waals surface area contributed by atoms with Gasteiger partial charge < -0.3 is 9.84 Å². The maximum atomic E-state index is 13.0. The first-order chi connectivity index (χ1) is 12.5. The van der Waals surface area contributed by atoms with Gasteiger partial charge >= 0.3 is 11.9 Å². The molecule has 0 aliphatic heterocycles. The summed E-state index contributed by atoms with van der Waals surface area (Å²) < 4.78 is 6.16. The van der Waals surface area contributed by atoms with Gasteiger partial charge in [-0.25, -0.2) is 0 Å². The van der Waals surface area contributed by atoms with Gasteiger partial charge in [-0.05, 0) is 55.3 Å². The molecule has 0 aromatic heterocycles. The van der Waals surface area contributed by atoms with Crippen LogP contribution in [-0.4, -0.2) is 23.1 Å². The predicted molar refractivity (Wildman–Crippen MR) is 107 cm³/mol. The van der Waals surface area contributed by atoms with Gasteiger partial charge in [-0.3, -0.25) is 9.59 Å². The molecule has 2 aliphatic rings. The lowest BCUT2D eigenvalue weighted by Crippen LogP contribution is -2.44. The average Bonchev–Trinajstić information content (AvgIpc) is 2.52. The molecule has 5 unspecified atom stereocenters. The third kappa shape index (κ3) is 5.96. The van der Waals surface area contributed by atoms with Crippen molar-refractivity contribution in [2.45, 2.75) is 92.6 Å². The van der Waals surface area contributed by atoms with Crippen LogP contribution in [0.4, 0.5) is 0 Å². The van der Waals surface area contributed by atoms with Crippen molar-refractivity contribution in [1.82, 2.24) is 0 Å². The lowest BCUT2D eigenvalue weighted by molar-refractivity contribution is -0.170. The minimum Gasteiger partial charge on any atom is -0.481 e. The summed E-state index contributed by atoms with van der Waals surface area (Å²) >= 11 is 0. The van der Waals surface area contributed by atoms with Crippen LogP contribution in [0.5, 0.6) is 0 Å². The Morgan fingerprint density at radius 1 is 1.00 bits per heavy atom. The van der Waals surface area contributed by atoms with E-state index in [-0.39, 0.29) is 17.5 Å². The van der Waals surface area contributed by atoms with Crippen molar-refractivity contribution in [2.24, 2.45) is 40.9 Å². The molecule has 27 heavy (non-hydrogen) atoms. The van der Waals surface area contributed by atoms with Crippen LogP contribution in [0, 0.1) is 40.9 Å². The van der Waals surface area contributed by atoms with Gasteiger partial charge in [0, 0.05) is 5.92 Å². The number of rotatable bonds is 5. The lowest BCUT2D eigenvalue weighted by atomic mass is 9.65. The molecule has 0 aromatic carbocycles. The zero-order valence-electron chi connectivity index (χ0n) is 18.2. The van der Waals surface area contributed by atoms with Crippen LogP contribution in [0.3, 0.4) is 0 Å². The lowest BCUT2D eigenvalue weighted by Gasteiger charge is -2.44. The summed E-state index contributed by atoms with van der Waals surface area (Å²) in [5.41, 5.74) is 0.0617. The minimum atomic E-state index is -0.850. The van der Waals surface area contributed by atoms with Crippen molar-refractivity contribution in [3.63, 3.8) is 0 Å². The van der Waals surface area contributed by atoms with Gasteiger partial charge in [0.2, 0.25) is 0 Å². The van der Waals surface area contributed by atoms with Crippen LogP contribution in [0.1, 0.15) is 86.5 Å². The summed E-state index contributed by atoms with van der Waals surface area (Å²) in [5, 5.41) is 9.53. The molecule has 0 saturated heterocycles. The van der Waals surface area contributed by atoms with Crippen molar-refractivity contribution >= 4 is 11.9 Å². The van der Waals surface area contributed by atoms with E-state index in [0.717, 1.165) is 19.3 Å². The Balaban J connectivity index is 2.18. The molecule has 0 radical (unpaired) electrons. The minimum absolute atomic E-state index is 0.0617. The zero-order valence-corrected chi connectivity index (χ0v) is 18.2. The second-order valence-corrected chi connectivity index (χ2v) is 10.7. The third-order valence-corrected chi connectivity index (χ3v) is 6.76. The fraction of sp³-hybridized carbons (Fsp3) is 0.913. The van der Waals surface area contributed by atoms with E-state index in [0.29, 0.717) is 36.5 Å². The second-order valence-electron chi connectivity index (χ2n) is 10.7. The smallest absolute Gasteiger partial charge is 0.310 e. The molecule has 2 fully saturated rings. The number of carbonyl (C=O) groups excluding carboxylic acids is 1. The first-order valence-corrected chi connectivity index (χ1v) is 10.9. The third-order valence-electron chi connectivity index (χ3n) is 6.76. The molecule has 4 heteroatoms. The number of esters is 1. The molecule has 2 saturated carbocycles. The number of ether oxygens (including phenoxy) is 1. The van der Waals surface area contributed by atoms with E-state index in [1.165, 1.54) is 12.8 Å². The van der Waals surface area contributed by atoms with Crippen LogP contribution in [0.2, 0.25) is 0 Å². The van der Waals surface area contributed by atoms with E-state index >= 15 is 0 Å². The molecule has 0 heterocycles. The molecule has 2 rings (SSSR count). The Morgan fingerprint density at radius 2 is 1.52 bits per heavy atom. The van der Waals surface area contributed by atoms with Gasteiger partial charge in [-0.1, -0.05) is 54.4 Å². The number of carboxylic acid groups (broad SMARTS) is 1. The SMILES string of the molecule is CC1CC(C)C(C(CC(C)(C)C)OC(=O)C2CCCCC2C(=O)O)C(C)C1. The number of aliphatic carboxylic acids is 1. The molecular formula is C23H40O4. The van der Waals surface area contributed by atoms with E-state index in [9.17, 15) is 14.7 Å². The number of carboxylic acids is 1. The van der Waals surface area contributed by atoms with Gasteiger partial charge in [-0.15, -0.1) is 0 Å². The van der Waals surface area contributed by atoms with Crippen molar-refractivity contribution in [1.29, 1.82) is 0 Å². The topological polar surface area (TPSA) is 63.6 Å². The Morgan fingerprint density at radius 3 is 2.00 bits per heavy atom. The molecule has 2 aliphatic carbocycles. The van der Waals surface area contributed by atoms with Gasteiger partial charge in [0.25, 0.3) is 0 Å². The Bertz CT molecular complexity index is 509. The first-order valence-electron chi connectivity index (χ1n) is 10.9. The highest BCUT2D eigenvalue weighted by molar-refractivity contribution is 5.81. The molecule has 0 amide bonds. The van der Waals surface area contributed by atoms with E-state index < -0.39 is 17.8 Å². The zero-order chi connectivity index (χ0) is 20.4. The highest BCUT2D eigenvalue weighted by atomic mass is 16.5. The number of hydrogen-bond donors (Lipinski definition) is 1. The van der Waals surface area contributed by atoms with Gasteiger partial charge in [0.1, 0.15) is 6.10 Å². The predicted octanol–water partition coefficient (Wildman–Crippen LogP) is 5.54. The number of carbonyl (C=O) groups is 2. The van der Waals surface area contributed by atoms with Gasteiger partial charge in [0.05, 0.1) is 11.8 Å². The summed E-state index contributed by atoms with van der Waals surface area (Å²) in [5.74, 6) is -0.0690. The van der Waals surface area contributed by atoms with Crippen LogP contribution < -0.4 is 0 Å². The second kappa shape index (κ2) is 8.96.